The standard InChI is InChI=1S/C14H20N2O3/c1-3-6-10(2)16-13(17)9-19-12-8-5-4-7-11(12)14(15)18/h4-5,7-8,10H,3,6,9H2,1-2H3,(H2,15,18)(H,16,17)/t10-/m1/s1. The van der Waals surface area contributed by atoms with Gasteiger partial charge in [0.15, 0.2) is 6.61 Å². The summed E-state index contributed by atoms with van der Waals surface area (Å²) in [5, 5.41) is 2.82. The first-order chi connectivity index (χ1) is 9.04. The van der Waals surface area contributed by atoms with Crippen LogP contribution in [0.5, 0.6) is 5.75 Å². The molecule has 2 amide bonds. The Morgan fingerprint density at radius 1 is 1.37 bits per heavy atom. The zero-order chi connectivity index (χ0) is 14.3. The van der Waals surface area contributed by atoms with Crippen molar-refractivity contribution >= 4 is 11.8 Å². The number of hydrogen-bond donors (Lipinski definition) is 2. The lowest BCUT2D eigenvalue weighted by atomic mass is 10.2. The molecular formula is C14H20N2O3. The highest BCUT2D eigenvalue weighted by Crippen LogP contribution is 2.16. The maximum atomic E-state index is 11.6. The maximum absolute atomic E-state index is 11.6. The van der Waals surface area contributed by atoms with E-state index in [1.165, 1.54) is 0 Å². The molecule has 0 unspecified atom stereocenters. The third-order valence-electron chi connectivity index (χ3n) is 2.64. The van der Waals surface area contributed by atoms with Crippen LogP contribution in [0.4, 0.5) is 0 Å². The van der Waals surface area contributed by atoms with Crippen LogP contribution in [0.25, 0.3) is 0 Å². The van der Waals surface area contributed by atoms with Gasteiger partial charge in [0.25, 0.3) is 11.8 Å². The first-order valence-corrected chi connectivity index (χ1v) is 6.35. The molecule has 0 saturated heterocycles. The van der Waals surface area contributed by atoms with Gasteiger partial charge in [-0.2, -0.15) is 0 Å². The Morgan fingerprint density at radius 3 is 2.68 bits per heavy atom. The van der Waals surface area contributed by atoms with Gasteiger partial charge >= 0.3 is 0 Å². The summed E-state index contributed by atoms with van der Waals surface area (Å²) in [6.45, 7) is 3.87. The Labute approximate surface area is 113 Å². The maximum Gasteiger partial charge on any atom is 0.258 e. The van der Waals surface area contributed by atoms with Gasteiger partial charge in [-0.1, -0.05) is 25.5 Å². The smallest absolute Gasteiger partial charge is 0.258 e. The molecule has 1 rings (SSSR count). The van der Waals surface area contributed by atoms with Crippen molar-refractivity contribution in [2.75, 3.05) is 6.61 Å². The van der Waals surface area contributed by atoms with Gasteiger partial charge in [-0.15, -0.1) is 0 Å². The average Bonchev–Trinajstić information content (AvgIpc) is 2.36. The molecule has 104 valence electrons. The first-order valence-electron chi connectivity index (χ1n) is 6.35. The predicted molar refractivity (Wildman–Crippen MR) is 73.0 cm³/mol. The molecule has 1 atom stereocenters. The molecule has 19 heavy (non-hydrogen) atoms. The van der Waals surface area contributed by atoms with Crippen molar-refractivity contribution in [3.8, 4) is 5.75 Å². The molecule has 5 nitrogen and oxygen atoms in total. The van der Waals surface area contributed by atoms with Crippen LogP contribution in [0.3, 0.4) is 0 Å². The fourth-order valence-corrected chi connectivity index (χ4v) is 1.76. The molecule has 0 aliphatic carbocycles. The van der Waals surface area contributed by atoms with E-state index in [4.69, 9.17) is 10.5 Å². The van der Waals surface area contributed by atoms with Crippen molar-refractivity contribution in [2.45, 2.75) is 32.7 Å². The topological polar surface area (TPSA) is 81.4 Å². The second kappa shape index (κ2) is 7.41. The number of benzene rings is 1. The first kappa shape index (κ1) is 15.0. The number of ether oxygens (including phenoxy) is 1. The molecule has 0 radical (unpaired) electrons. The predicted octanol–water partition coefficient (Wildman–Crippen LogP) is 1.47. The van der Waals surface area contributed by atoms with E-state index in [9.17, 15) is 9.59 Å². The Bertz CT molecular complexity index is 446. The normalized spacial score (nSPS) is 11.7. The number of nitrogens with two attached hydrogens (primary N) is 1. The zero-order valence-corrected chi connectivity index (χ0v) is 11.3. The van der Waals surface area contributed by atoms with Crippen LogP contribution in [0.2, 0.25) is 0 Å². The Hall–Kier alpha value is -2.04. The molecule has 0 spiro atoms. The molecular weight excluding hydrogens is 244 g/mol. The van der Waals surface area contributed by atoms with E-state index in [2.05, 4.69) is 12.2 Å². The number of carbonyl (C=O) groups excluding carboxylic acids is 2. The minimum Gasteiger partial charge on any atom is -0.483 e. The SMILES string of the molecule is CCC[C@@H](C)NC(=O)COc1ccccc1C(N)=O. The number of carbonyl (C=O) groups is 2. The third-order valence-corrected chi connectivity index (χ3v) is 2.64. The number of rotatable bonds is 7. The second-order valence-corrected chi connectivity index (χ2v) is 4.41. The fraction of sp³-hybridized carbons (Fsp3) is 0.429. The summed E-state index contributed by atoms with van der Waals surface area (Å²) in [5.41, 5.74) is 5.50. The number of amides is 2. The van der Waals surface area contributed by atoms with Crippen molar-refractivity contribution in [3.05, 3.63) is 29.8 Å². The van der Waals surface area contributed by atoms with Crippen LogP contribution in [-0.2, 0) is 4.79 Å². The van der Waals surface area contributed by atoms with E-state index < -0.39 is 5.91 Å². The lowest BCUT2D eigenvalue weighted by Crippen LogP contribution is -2.36. The van der Waals surface area contributed by atoms with Gasteiger partial charge in [0.1, 0.15) is 5.75 Å². The molecule has 0 aromatic heterocycles. The van der Waals surface area contributed by atoms with Gasteiger partial charge in [0, 0.05) is 6.04 Å². The van der Waals surface area contributed by atoms with E-state index in [0.29, 0.717) is 5.75 Å². The van der Waals surface area contributed by atoms with Crippen LogP contribution in [0, 0.1) is 0 Å². The quantitative estimate of drug-likeness (QED) is 0.782. The summed E-state index contributed by atoms with van der Waals surface area (Å²) in [7, 11) is 0. The lowest BCUT2D eigenvalue weighted by Gasteiger charge is -2.14. The lowest BCUT2D eigenvalue weighted by molar-refractivity contribution is -0.123. The van der Waals surface area contributed by atoms with Gasteiger partial charge in [-0.3, -0.25) is 9.59 Å². The van der Waals surface area contributed by atoms with Gasteiger partial charge in [-0.25, -0.2) is 0 Å². The monoisotopic (exact) mass is 264 g/mol. The van der Waals surface area contributed by atoms with Crippen molar-refractivity contribution in [2.24, 2.45) is 5.73 Å². The van der Waals surface area contributed by atoms with Crippen LogP contribution >= 0.6 is 0 Å². The van der Waals surface area contributed by atoms with Gasteiger partial charge in [-0.05, 0) is 25.5 Å². The summed E-state index contributed by atoms with van der Waals surface area (Å²) < 4.78 is 5.33. The highest BCUT2D eigenvalue weighted by atomic mass is 16.5. The molecule has 5 heteroatoms. The summed E-state index contributed by atoms with van der Waals surface area (Å²) >= 11 is 0. The van der Waals surface area contributed by atoms with Gasteiger partial charge < -0.3 is 15.8 Å². The minimum absolute atomic E-state index is 0.118. The van der Waals surface area contributed by atoms with Crippen LogP contribution in [0.15, 0.2) is 24.3 Å². The molecule has 3 N–H and O–H groups in total. The van der Waals surface area contributed by atoms with E-state index in [1.807, 2.05) is 6.92 Å². The molecule has 0 saturated carbocycles. The number of para-hydroxylation sites is 1. The van der Waals surface area contributed by atoms with Crippen molar-refractivity contribution in [1.82, 2.24) is 5.32 Å². The van der Waals surface area contributed by atoms with E-state index in [-0.39, 0.29) is 24.1 Å². The Balaban J connectivity index is 2.53. The average molecular weight is 264 g/mol. The largest absolute Gasteiger partial charge is 0.483 e. The highest BCUT2D eigenvalue weighted by Gasteiger charge is 2.11. The van der Waals surface area contributed by atoms with Gasteiger partial charge in [0.05, 0.1) is 5.56 Å². The number of hydrogen-bond acceptors (Lipinski definition) is 3. The number of nitrogens with one attached hydrogen (secondary N) is 1. The molecule has 0 aliphatic rings. The number of primary amides is 1. The summed E-state index contributed by atoms with van der Waals surface area (Å²) in [6.07, 6.45) is 1.93. The third kappa shape index (κ3) is 4.99. The molecule has 0 bridgehead atoms. The van der Waals surface area contributed by atoms with Crippen LogP contribution < -0.4 is 15.8 Å². The minimum atomic E-state index is -0.574. The molecule has 0 heterocycles. The molecule has 1 aromatic rings. The van der Waals surface area contributed by atoms with E-state index in [1.54, 1.807) is 24.3 Å². The van der Waals surface area contributed by atoms with Crippen molar-refractivity contribution < 1.29 is 14.3 Å². The van der Waals surface area contributed by atoms with Crippen molar-refractivity contribution in [3.63, 3.8) is 0 Å². The zero-order valence-electron chi connectivity index (χ0n) is 11.3. The summed E-state index contributed by atoms with van der Waals surface area (Å²) in [6, 6.07) is 6.71. The second-order valence-electron chi connectivity index (χ2n) is 4.41. The molecule has 0 fully saturated rings. The fourth-order valence-electron chi connectivity index (χ4n) is 1.76. The highest BCUT2D eigenvalue weighted by molar-refractivity contribution is 5.95. The van der Waals surface area contributed by atoms with E-state index >= 15 is 0 Å². The Kier molecular flexibility index (Phi) is 5.85. The van der Waals surface area contributed by atoms with Crippen LogP contribution in [-0.4, -0.2) is 24.5 Å². The Morgan fingerprint density at radius 2 is 2.05 bits per heavy atom. The molecule has 0 aliphatic heterocycles. The van der Waals surface area contributed by atoms with E-state index in [0.717, 1.165) is 12.8 Å². The summed E-state index contributed by atoms with van der Waals surface area (Å²) in [4.78, 5) is 22.8. The summed E-state index contributed by atoms with van der Waals surface area (Å²) in [5.74, 6) is -0.455. The van der Waals surface area contributed by atoms with Crippen LogP contribution in [0.1, 0.15) is 37.0 Å². The molecule has 1 aromatic carbocycles. The van der Waals surface area contributed by atoms with Crippen molar-refractivity contribution in [1.29, 1.82) is 0 Å². The van der Waals surface area contributed by atoms with Gasteiger partial charge in [0.2, 0.25) is 0 Å².